The molecule has 1 atom stereocenters. The normalized spacial score (nSPS) is 12.9. The van der Waals surface area contributed by atoms with Gasteiger partial charge < -0.3 is 10.2 Å². The van der Waals surface area contributed by atoms with Gasteiger partial charge in [0.15, 0.2) is 0 Å². The maximum absolute atomic E-state index is 5.72. The molecule has 0 saturated heterocycles. The van der Waals surface area contributed by atoms with Crippen LogP contribution in [0.15, 0.2) is 21.7 Å². The largest absolute Gasteiger partial charge is 0.465 e. The van der Waals surface area contributed by atoms with E-state index in [-0.39, 0.29) is 5.25 Å². The van der Waals surface area contributed by atoms with Crippen molar-refractivity contribution >= 4 is 11.8 Å². The lowest BCUT2D eigenvalue weighted by atomic mass is 10.3. The van der Waals surface area contributed by atoms with Crippen molar-refractivity contribution < 1.29 is 4.42 Å². The van der Waals surface area contributed by atoms with Gasteiger partial charge in [-0.3, -0.25) is 0 Å². The lowest BCUT2D eigenvalue weighted by Gasteiger charge is -2.09. The lowest BCUT2D eigenvalue weighted by molar-refractivity contribution is 0.481. The first-order valence-electron chi connectivity index (χ1n) is 4.86. The summed E-state index contributed by atoms with van der Waals surface area (Å²) >= 11 is 1.50. The minimum Gasteiger partial charge on any atom is -0.465 e. The zero-order chi connectivity index (χ0) is 11.5. The van der Waals surface area contributed by atoms with Crippen LogP contribution in [0, 0.1) is 6.92 Å². The molecule has 0 radical (unpaired) electrons. The third-order valence-electron chi connectivity index (χ3n) is 2.12. The SMILES string of the molecule is Cc1ccc(C(CN)Sc2nnnn2C)o1. The van der Waals surface area contributed by atoms with Crippen LogP contribution in [0.1, 0.15) is 16.8 Å². The summed E-state index contributed by atoms with van der Waals surface area (Å²) in [5, 5.41) is 12.0. The highest BCUT2D eigenvalue weighted by molar-refractivity contribution is 7.99. The van der Waals surface area contributed by atoms with Crippen LogP contribution in [0.3, 0.4) is 0 Å². The molecule has 2 aromatic rings. The molecule has 16 heavy (non-hydrogen) atoms. The van der Waals surface area contributed by atoms with E-state index in [1.807, 2.05) is 19.1 Å². The minimum absolute atomic E-state index is 0.0402. The Bertz CT molecular complexity index is 466. The van der Waals surface area contributed by atoms with Crippen LogP contribution in [0.2, 0.25) is 0 Å². The van der Waals surface area contributed by atoms with Crippen molar-refractivity contribution in [2.75, 3.05) is 6.54 Å². The molecule has 7 heteroatoms. The van der Waals surface area contributed by atoms with Crippen LogP contribution < -0.4 is 5.73 Å². The number of thioether (sulfide) groups is 1. The molecule has 1 unspecified atom stereocenters. The standard InChI is InChI=1S/C9H13N5OS/c1-6-3-4-7(15-6)8(5-10)16-9-11-12-13-14(9)2/h3-4,8H,5,10H2,1-2H3. The molecule has 0 aromatic carbocycles. The first-order chi connectivity index (χ1) is 7.70. The van der Waals surface area contributed by atoms with Gasteiger partial charge in [-0.05, 0) is 29.5 Å². The summed E-state index contributed by atoms with van der Waals surface area (Å²) in [7, 11) is 1.79. The van der Waals surface area contributed by atoms with E-state index in [1.165, 1.54) is 11.8 Å². The van der Waals surface area contributed by atoms with Gasteiger partial charge in [0.05, 0.1) is 5.25 Å². The Hall–Kier alpha value is -1.34. The second kappa shape index (κ2) is 4.67. The topological polar surface area (TPSA) is 82.8 Å². The minimum atomic E-state index is 0.0402. The third kappa shape index (κ3) is 2.25. The number of tetrazole rings is 1. The molecule has 0 aliphatic carbocycles. The molecule has 2 aromatic heterocycles. The van der Waals surface area contributed by atoms with Crippen molar-refractivity contribution in [2.45, 2.75) is 17.3 Å². The molecule has 0 bridgehead atoms. The van der Waals surface area contributed by atoms with E-state index in [2.05, 4.69) is 15.5 Å². The van der Waals surface area contributed by atoms with Gasteiger partial charge >= 0.3 is 0 Å². The van der Waals surface area contributed by atoms with Crippen molar-refractivity contribution in [2.24, 2.45) is 12.8 Å². The monoisotopic (exact) mass is 239 g/mol. The molecular formula is C9H13N5OS. The average Bonchev–Trinajstić information content (AvgIpc) is 2.85. The van der Waals surface area contributed by atoms with E-state index in [4.69, 9.17) is 10.2 Å². The molecular weight excluding hydrogens is 226 g/mol. The maximum atomic E-state index is 5.72. The van der Waals surface area contributed by atoms with Gasteiger partial charge in [0.2, 0.25) is 5.16 Å². The fourth-order valence-electron chi connectivity index (χ4n) is 1.30. The zero-order valence-corrected chi connectivity index (χ0v) is 9.94. The highest BCUT2D eigenvalue weighted by Crippen LogP contribution is 2.33. The Labute approximate surface area is 97.2 Å². The van der Waals surface area contributed by atoms with Gasteiger partial charge in [0, 0.05) is 13.6 Å². The summed E-state index contributed by atoms with van der Waals surface area (Å²) in [4.78, 5) is 0. The van der Waals surface area contributed by atoms with Crippen LogP contribution in [0.5, 0.6) is 0 Å². The average molecular weight is 239 g/mol. The Morgan fingerprint density at radius 3 is 2.88 bits per heavy atom. The summed E-state index contributed by atoms with van der Waals surface area (Å²) < 4.78 is 7.16. The van der Waals surface area contributed by atoms with E-state index in [1.54, 1.807) is 11.7 Å². The third-order valence-corrected chi connectivity index (χ3v) is 3.39. The Morgan fingerprint density at radius 2 is 2.38 bits per heavy atom. The Balaban J connectivity index is 2.15. The summed E-state index contributed by atoms with van der Waals surface area (Å²) in [5.41, 5.74) is 5.72. The number of hydrogen-bond donors (Lipinski definition) is 1. The van der Waals surface area contributed by atoms with E-state index in [9.17, 15) is 0 Å². The molecule has 0 saturated carbocycles. The number of nitrogens with two attached hydrogens (primary N) is 1. The number of hydrogen-bond acceptors (Lipinski definition) is 6. The maximum Gasteiger partial charge on any atom is 0.209 e. The van der Waals surface area contributed by atoms with Gasteiger partial charge in [-0.25, -0.2) is 4.68 Å². The van der Waals surface area contributed by atoms with Crippen molar-refractivity contribution in [3.05, 3.63) is 23.7 Å². The van der Waals surface area contributed by atoms with Gasteiger partial charge in [0.25, 0.3) is 0 Å². The molecule has 0 spiro atoms. The van der Waals surface area contributed by atoms with E-state index in [0.29, 0.717) is 6.54 Å². The predicted octanol–water partition coefficient (Wildman–Crippen LogP) is 0.904. The molecule has 2 N–H and O–H groups in total. The predicted molar refractivity (Wildman–Crippen MR) is 59.9 cm³/mol. The van der Waals surface area contributed by atoms with E-state index in [0.717, 1.165) is 16.7 Å². The summed E-state index contributed by atoms with van der Waals surface area (Å²) in [6.07, 6.45) is 0. The van der Waals surface area contributed by atoms with Crippen LogP contribution in [-0.4, -0.2) is 26.8 Å². The van der Waals surface area contributed by atoms with Crippen LogP contribution in [-0.2, 0) is 7.05 Å². The molecule has 0 aliphatic heterocycles. The zero-order valence-electron chi connectivity index (χ0n) is 9.12. The molecule has 86 valence electrons. The number of nitrogens with zero attached hydrogens (tertiary/aromatic N) is 4. The van der Waals surface area contributed by atoms with Crippen LogP contribution >= 0.6 is 11.8 Å². The first-order valence-corrected chi connectivity index (χ1v) is 5.74. The molecule has 2 rings (SSSR count). The van der Waals surface area contributed by atoms with Crippen LogP contribution in [0.4, 0.5) is 0 Å². The quantitative estimate of drug-likeness (QED) is 0.798. The summed E-state index contributed by atoms with van der Waals surface area (Å²) in [6.45, 7) is 2.39. The molecule has 0 fully saturated rings. The summed E-state index contributed by atoms with van der Waals surface area (Å²) in [5.74, 6) is 1.73. The van der Waals surface area contributed by atoms with Crippen molar-refractivity contribution in [3.63, 3.8) is 0 Å². The van der Waals surface area contributed by atoms with Gasteiger partial charge in [-0.1, -0.05) is 11.8 Å². The lowest BCUT2D eigenvalue weighted by Crippen LogP contribution is -2.09. The highest BCUT2D eigenvalue weighted by atomic mass is 32.2. The highest BCUT2D eigenvalue weighted by Gasteiger charge is 2.18. The first kappa shape index (κ1) is 11.2. The Kier molecular flexibility index (Phi) is 3.25. The number of rotatable bonds is 4. The smallest absolute Gasteiger partial charge is 0.209 e. The second-order valence-corrected chi connectivity index (χ2v) is 4.55. The van der Waals surface area contributed by atoms with Gasteiger partial charge in [0.1, 0.15) is 11.5 Å². The fraction of sp³-hybridized carbons (Fsp3) is 0.444. The van der Waals surface area contributed by atoms with Crippen molar-refractivity contribution in [3.8, 4) is 0 Å². The van der Waals surface area contributed by atoms with E-state index < -0.39 is 0 Å². The number of aromatic nitrogens is 4. The van der Waals surface area contributed by atoms with Gasteiger partial charge in [-0.15, -0.1) is 5.10 Å². The molecule has 0 aliphatic rings. The molecule has 0 amide bonds. The molecule has 6 nitrogen and oxygen atoms in total. The second-order valence-electron chi connectivity index (χ2n) is 3.38. The van der Waals surface area contributed by atoms with E-state index >= 15 is 0 Å². The fourth-order valence-corrected chi connectivity index (χ4v) is 2.16. The van der Waals surface area contributed by atoms with Crippen molar-refractivity contribution in [1.82, 2.24) is 20.2 Å². The van der Waals surface area contributed by atoms with Crippen molar-refractivity contribution in [1.29, 1.82) is 0 Å². The number of furan rings is 1. The van der Waals surface area contributed by atoms with Crippen LogP contribution in [0.25, 0.3) is 0 Å². The number of aryl methyl sites for hydroxylation is 2. The molecule has 2 heterocycles. The summed E-state index contributed by atoms with van der Waals surface area (Å²) in [6, 6.07) is 3.86. The van der Waals surface area contributed by atoms with Gasteiger partial charge in [-0.2, -0.15) is 0 Å². The Morgan fingerprint density at radius 1 is 1.56 bits per heavy atom.